The van der Waals surface area contributed by atoms with Gasteiger partial charge in [-0.1, -0.05) is 36.0 Å². The maximum atomic E-state index is 13.9. The zero-order chi connectivity index (χ0) is 13.0. The van der Waals surface area contributed by atoms with Gasteiger partial charge in [0.2, 0.25) is 0 Å². The summed E-state index contributed by atoms with van der Waals surface area (Å²) in [7, 11) is 1.84. The number of rotatable bonds is 4. The van der Waals surface area contributed by atoms with E-state index in [9.17, 15) is 4.39 Å². The van der Waals surface area contributed by atoms with Gasteiger partial charge >= 0.3 is 0 Å². The zero-order valence-corrected chi connectivity index (χ0v) is 11.3. The van der Waals surface area contributed by atoms with Gasteiger partial charge in [-0.15, -0.1) is 0 Å². The summed E-state index contributed by atoms with van der Waals surface area (Å²) in [4.78, 5) is 2.08. The van der Waals surface area contributed by atoms with Gasteiger partial charge in [-0.2, -0.15) is 0 Å². The van der Waals surface area contributed by atoms with Crippen LogP contribution >= 0.6 is 11.8 Å². The number of hydrogen-bond acceptors (Lipinski definition) is 2. The minimum Gasteiger partial charge on any atom is -0.313 e. The first kappa shape index (κ1) is 13.1. The topological polar surface area (TPSA) is 12.0 Å². The Hall–Kier alpha value is -1.32. The first-order valence-corrected chi connectivity index (χ1v) is 6.72. The highest BCUT2D eigenvalue weighted by Crippen LogP contribution is 2.34. The Morgan fingerprint density at radius 1 is 1.06 bits per heavy atom. The van der Waals surface area contributed by atoms with Gasteiger partial charge in [-0.05, 0) is 38.2 Å². The van der Waals surface area contributed by atoms with Crippen molar-refractivity contribution in [2.75, 3.05) is 7.05 Å². The largest absolute Gasteiger partial charge is 0.313 e. The van der Waals surface area contributed by atoms with Gasteiger partial charge in [-0.3, -0.25) is 0 Å². The number of halogens is 1. The average Bonchev–Trinajstić information content (AvgIpc) is 2.39. The molecular weight excluding hydrogens is 245 g/mol. The smallest absolute Gasteiger partial charge is 0.129 e. The molecule has 1 N–H and O–H groups in total. The maximum Gasteiger partial charge on any atom is 0.129 e. The highest BCUT2D eigenvalue weighted by molar-refractivity contribution is 7.99. The molecule has 0 aliphatic heterocycles. The summed E-state index contributed by atoms with van der Waals surface area (Å²) < 4.78 is 13.9. The van der Waals surface area contributed by atoms with Crippen LogP contribution in [0.1, 0.15) is 18.5 Å². The Morgan fingerprint density at radius 3 is 2.44 bits per heavy atom. The van der Waals surface area contributed by atoms with Crippen LogP contribution in [0, 0.1) is 5.82 Å². The van der Waals surface area contributed by atoms with Gasteiger partial charge in [0.15, 0.2) is 0 Å². The molecule has 0 fully saturated rings. The molecule has 0 saturated heterocycles. The molecule has 1 nitrogen and oxygen atoms in total. The van der Waals surface area contributed by atoms with E-state index in [0.29, 0.717) is 0 Å². The van der Waals surface area contributed by atoms with Gasteiger partial charge in [0, 0.05) is 21.4 Å². The molecule has 0 bridgehead atoms. The molecule has 0 radical (unpaired) electrons. The summed E-state index contributed by atoms with van der Waals surface area (Å²) >= 11 is 1.59. The van der Waals surface area contributed by atoms with Crippen molar-refractivity contribution < 1.29 is 4.39 Å². The van der Waals surface area contributed by atoms with E-state index in [1.165, 1.54) is 6.07 Å². The second kappa shape index (κ2) is 6.03. The summed E-state index contributed by atoms with van der Waals surface area (Å²) in [5.41, 5.74) is 0.730. The predicted molar refractivity (Wildman–Crippen MR) is 74.4 cm³/mol. The van der Waals surface area contributed by atoms with Crippen molar-refractivity contribution in [1.82, 2.24) is 5.32 Å². The lowest BCUT2D eigenvalue weighted by Gasteiger charge is -2.16. The first-order chi connectivity index (χ1) is 8.72. The van der Waals surface area contributed by atoms with E-state index in [1.54, 1.807) is 17.8 Å². The normalized spacial score (nSPS) is 12.4. The fraction of sp³-hybridized carbons (Fsp3) is 0.200. The van der Waals surface area contributed by atoms with Crippen molar-refractivity contribution in [3.05, 3.63) is 59.9 Å². The second-order valence-corrected chi connectivity index (χ2v) is 5.19. The van der Waals surface area contributed by atoms with Crippen molar-refractivity contribution in [2.45, 2.75) is 22.8 Å². The van der Waals surface area contributed by atoms with E-state index in [0.717, 1.165) is 15.4 Å². The van der Waals surface area contributed by atoms with Crippen molar-refractivity contribution in [2.24, 2.45) is 0 Å². The lowest BCUT2D eigenvalue weighted by molar-refractivity contribution is 0.552. The average molecular weight is 261 g/mol. The summed E-state index contributed by atoms with van der Waals surface area (Å²) in [6, 6.07) is 15.2. The second-order valence-electron chi connectivity index (χ2n) is 4.08. The molecule has 0 heterocycles. The molecule has 0 aromatic heterocycles. The molecule has 0 amide bonds. The van der Waals surface area contributed by atoms with E-state index in [4.69, 9.17) is 0 Å². The summed E-state index contributed by atoms with van der Waals surface area (Å²) in [5, 5.41) is 3.09. The lowest BCUT2D eigenvalue weighted by atomic mass is 10.1. The molecule has 0 aliphatic rings. The Labute approximate surface area is 111 Å². The van der Waals surface area contributed by atoms with Crippen LogP contribution in [0.25, 0.3) is 0 Å². The predicted octanol–water partition coefficient (Wildman–Crippen LogP) is 4.26. The van der Waals surface area contributed by atoms with Gasteiger partial charge in [-0.25, -0.2) is 4.39 Å². The molecule has 0 saturated carbocycles. The first-order valence-electron chi connectivity index (χ1n) is 5.91. The minimum absolute atomic E-state index is 0.00240. The van der Waals surface area contributed by atoms with Crippen LogP contribution in [0.2, 0.25) is 0 Å². The Morgan fingerprint density at radius 2 is 1.78 bits per heavy atom. The zero-order valence-electron chi connectivity index (χ0n) is 10.5. The van der Waals surface area contributed by atoms with Crippen molar-refractivity contribution >= 4 is 11.8 Å². The number of nitrogens with one attached hydrogen (secondary N) is 1. The van der Waals surface area contributed by atoms with E-state index >= 15 is 0 Å². The van der Waals surface area contributed by atoms with Crippen LogP contribution in [-0.4, -0.2) is 7.05 Å². The molecule has 2 aromatic carbocycles. The summed E-state index contributed by atoms with van der Waals surface area (Å²) in [6.07, 6.45) is 0. The van der Waals surface area contributed by atoms with Gasteiger partial charge in [0.05, 0.1) is 0 Å². The monoisotopic (exact) mass is 261 g/mol. The molecule has 2 rings (SSSR count). The maximum absolute atomic E-state index is 13.9. The highest BCUT2D eigenvalue weighted by atomic mass is 32.2. The van der Waals surface area contributed by atoms with Crippen LogP contribution in [0.4, 0.5) is 4.39 Å². The van der Waals surface area contributed by atoms with Gasteiger partial charge < -0.3 is 5.32 Å². The molecule has 1 atom stereocenters. The van der Waals surface area contributed by atoms with Crippen LogP contribution in [-0.2, 0) is 0 Å². The van der Waals surface area contributed by atoms with Crippen molar-refractivity contribution in [1.29, 1.82) is 0 Å². The lowest BCUT2D eigenvalue weighted by Crippen LogP contribution is -2.14. The van der Waals surface area contributed by atoms with Crippen LogP contribution in [0.15, 0.2) is 58.3 Å². The Bertz CT molecular complexity index is 513. The fourth-order valence-electron chi connectivity index (χ4n) is 1.79. The molecule has 94 valence electrons. The molecule has 18 heavy (non-hydrogen) atoms. The van der Waals surface area contributed by atoms with Crippen LogP contribution < -0.4 is 5.32 Å². The number of benzene rings is 2. The summed E-state index contributed by atoms with van der Waals surface area (Å²) in [5.74, 6) is -0.155. The molecule has 1 unspecified atom stereocenters. The minimum atomic E-state index is -0.155. The van der Waals surface area contributed by atoms with Crippen molar-refractivity contribution in [3.63, 3.8) is 0 Å². The van der Waals surface area contributed by atoms with Crippen LogP contribution in [0.3, 0.4) is 0 Å². The van der Waals surface area contributed by atoms with Crippen LogP contribution in [0.5, 0.6) is 0 Å². The van der Waals surface area contributed by atoms with Gasteiger partial charge in [0.25, 0.3) is 0 Å². The summed E-state index contributed by atoms with van der Waals surface area (Å²) in [6.45, 7) is 1.97. The molecule has 0 spiro atoms. The third-order valence-corrected chi connectivity index (χ3v) is 3.93. The SMILES string of the molecule is CNC(C)c1c(F)cccc1Sc1ccccc1. The quantitative estimate of drug-likeness (QED) is 0.882. The van der Waals surface area contributed by atoms with E-state index in [2.05, 4.69) is 5.32 Å². The standard InChI is InChI=1S/C15H16FNS/c1-11(17-2)15-13(16)9-6-10-14(15)18-12-7-4-3-5-8-12/h3-11,17H,1-2H3. The van der Waals surface area contributed by atoms with E-state index < -0.39 is 0 Å². The third kappa shape index (κ3) is 2.92. The Balaban J connectivity index is 2.36. The molecule has 3 heteroatoms. The fourth-order valence-corrected chi connectivity index (χ4v) is 2.86. The molecule has 0 aliphatic carbocycles. The molecule has 2 aromatic rings. The van der Waals surface area contributed by atoms with Gasteiger partial charge in [0.1, 0.15) is 5.82 Å². The highest BCUT2D eigenvalue weighted by Gasteiger charge is 2.14. The number of hydrogen-bond donors (Lipinski definition) is 1. The van der Waals surface area contributed by atoms with E-state index in [-0.39, 0.29) is 11.9 Å². The van der Waals surface area contributed by atoms with E-state index in [1.807, 2.05) is 50.4 Å². The van der Waals surface area contributed by atoms with Crippen molar-refractivity contribution in [3.8, 4) is 0 Å². The Kier molecular flexibility index (Phi) is 4.39. The molecular formula is C15H16FNS. The third-order valence-electron chi connectivity index (χ3n) is 2.85.